The van der Waals surface area contributed by atoms with Crippen LogP contribution in [0.15, 0.2) is 5.38 Å². The number of ether oxygens (including phenoxy) is 2. The minimum Gasteiger partial charge on any atom is -0.469 e. The van der Waals surface area contributed by atoms with Crippen molar-refractivity contribution in [3.05, 3.63) is 16.1 Å². The van der Waals surface area contributed by atoms with Crippen LogP contribution in [-0.4, -0.2) is 49.7 Å². The first kappa shape index (κ1) is 13.5. The van der Waals surface area contributed by atoms with Gasteiger partial charge in [-0.1, -0.05) is 0 Å². The van der Waals surface area contributed by atoms with E-state index in [1.807, 2.05) is 5.38 Å². The van der Waals surface area contributed by atoms with Crippen molar-refractivity contribution in [2.45, 2.75) is 18.9 Å². The first-order valence-corrected chi connectivity index (χ1v) is 6.88. The number of aryl methyl sites for hydroxylation is 1. The van der Waals surface area contributed by atoms with Crippen molar-refractivity contribution in [2.75, 3.05) is 33.9 Å². The minimum atomic E-state index is -0.196. The van der Waals surface area contributed by atoms with Gasteiger partial charge in [-0.25, -0.2) is 4.98 Å². The average Bonchev–Trinajstić information content (AvgIpc) is 2.84. The second-order valence-electron chi connectivity index (χ2n) is 4.37. The topological polar surface area (TPSA) is 51.7 Å². The summed E-state index contributed by atoms with van der Waals surface area (Å²) in [6.07, 6.45) is 1.08. The monoisotopic (exact) mass is 270 g/mol. The lowest BCUT2D eigenvalue weighted by atomic mass is 10.2. The Balaban J connectivity index is 1.91. The zero-order valence-corrected chi connectivity index (χ0v) is 11.5. The molecular formula is C12H18N2O3S. The molecule has 0 N–H and O–H groups in total. The molecule has 0 aromatic carbocycles. The quantitative estimate of drug-likeness (QED) is 0.771. The van der Waals surface area contributed by atoms with E-state index in [-0.39, 0.29) is 12.1 Å². The Morgan fingerprint density at radius 3 is 3.28 bits per heavy atom. The fourth-order valence-electron chi connectivity index (χ4n) is 1.84. The van der Waals surface area contributed by atoms with Crippen LogP contribution >= 0.6 is 11.3 Å². The van der Waals surface area contributed by atoms with Gasteiger partial charge in [0.25, 0.3) is 0 Å². The Labute approximate surface area is 111 Å². The van der Waals surface area contributed by atoms with Crippen LogP contribution in [0.2, 0.25) is 0 Å². The molecule has 0 amide bonds. The molecule has 0 saturated carbocycles. The van der Waals surface area contributed by atoms with Crippen LogP contribution in [0, 0.1) is 0 Å². The van der Waals surface area contributed by atoms with E-state index in [0.29, 0.717) is 12.8 Å². The van der Waals surface area contributed by atoms with Crippen molar-refractivity contribution in [2.24, 2.45) is 0 Å². The van der Waals surface area contributed by atoms with Crippen LogP contribution in [0.3, 0.4) is 0 Å². The van der Waals surface area contributed by atoms with Crippen molar-refractivity contribution >= 4 is 17.3 Å². The highest BCUT2D eigenvalue weighted by atomic mass is 32.1. The maximum Gasteiger partial charge on any atom is 0.305 e. The van der Waals surface area contributed by atoms with Gasteiger partial charge < -0.3 is 14.4 Å². The summed E-state index contributed by atoms with van der Waals surface area (Å²) in [5.74, 6) is -0.196. The van der Waals surface area contributed by atoms with E-state index in [4.69, 9.17) is 4.74 Å². The molecule has 1 fully saturated rings. The van der Waals surface area contributed by atoms with Gasteiger partial charge in [0.1, 0.15) is 11.1 Å². The number of hydrogen-bond acceptors (Lipinski definition) is 6. The molecule has 6 heteroatoms. The molecule has 1 aliphatic heterocycles. The van der Waals surface area contributed by atoms with E-state index < -0.39 is 0 Å². The zero-order chi connectivity index (χ0) is 13.0. The number of rotatable bonds is 4. The van der Waals surface area contributed by atoms with Crippen LogP contribution < -0.4 is 0 Å². The number of esters is 1. The SMILES string of the molecule is COC(=O)CCc1csc(C2CN(C)CCO2)n1. The lowest BCUT2D eigenvalue weighted by Crippen LogP contribution is -2.35. The molecule has 0 spiro atoms. The third-order valence-corrected chi connectivity index (χ3v) is 3.91. The number of hydrogen-bond donors (Lipinski definition) is 0. The van der Waals surface area contributed by atoms with Crippen LogP contribution in [0.25, 0.3) is 0 Å². The number of methoxy groups -OCH3 is 1. The number of carbonyl (C=O) groups is 1. The second kappa shape index (κ2) is 6.26. The molecule has 1 aromatic heterocycles. The van der Waals surface area contributed by atoms with E-state index in [9.17, 15) is 4.79 Å². The Morgan fingerprint density at radius 2 is 2.56 bits per heavy atom. The highest BCUT2D eigenvalue weighted by Crippen LogP contribution is 2.25. The van der Waals surface area contributed by atoms with Crippen molar-refractivity contribution in [1.82, 2.24) is 9.88 Å². The molecule has 0 radical (unpaired) electrons. The number of morpholine rings is 1. The predicted octanol–water partition coefficient (Wildman–Crippen LogP) is 1.25. The van der Waals surface area contributed by atoms with Gasteiger partial charge in [-0.05, 0) is 7.05 Å². The Bertz CT molecular complexity index is 408. The lowest BCUT2D eigenvalue weighted by molar-refractivity contribution is -0.140. The third kappa shape index (κ3) is 3.51. The van der Waals surface area contributed by atoms with Crippen molar-refractivity contribution in [3.8, 4) is 0 Å². The van der Waals surface area contributed by atoms with Crippen LogP contribution in [0.5, 0.6) is 0 Å². The summed E-state index contributed by atoms with van der Waals surface area (Å²) in [5, 5.41) is 3.00. The van der Waals surface area contributed by atoms with E-state index in [0.717, 1.165) is 30.4 Å². The van der Waals surface area contributed by atoms with E-state index in [1.165, 1.54) is 7.11 Å². The number of nitrogens with zero attached hydrogens (tertiary/aromatic N) is 2. The van der Waals surface area contributed by atoms with Gasteiger partial charge in [0.05, 0.1) is 25.8 Å². The highest BCUT2D eigenvalue weighted by molar-refractivity contribution is 7.09. The summed E-state index contributed by atoms with van der Waals surface area (Å²) in [6, 6.07) is 0. The van der Waals surface area contributed by atoms with Crippen molar-refractivity contribution in [3.63, 3.8) is 0 Å². The molecule has 0 bridgehead atoms. The molecule has 18 heavy (non-hydrogen) atoms. The number of likely N-dealkylation sites (N-methyl/N-ethyl adjacent to an activating group) is 1. The van der Waals surface area contributed by atoms with Gasteiger partial charge in [0.2, 0.25) is 0 Å². The maximum absolute atomic E-state index is 11.1. The maximum atomic E-state index is 11.1. The lowest BCUT2D eigenvalue weighted by Gasteiger charge is -2.28. The van der Waals surface area contributed by atoms with Gasteiger partial charge in [-0.2, -0.15) is 0 Å². The number of carbonyl (C=O) groups excluding carboxylic acids is 1. The van der Waals surface area contributed by atoms with Gasteiger partial charge in [-0.15, -0.1) is 11.3 Å². The molecular weight excluding hydrogens is 252 g/mol. The van der Waals surface area contributed by atoms with E-state index in [2.05, 4.69) is 21.7 Å². The Kier molecular flexibility index (Phi) is 4.68. The van der Waals surface area contributed by atoms with Gasteiger partial charge in [0.15, 0.2) is 0 Å². The van der Waals surface area contributed by atoms with Gasteiger partial charge in [-0.3, -0.25) is 4.79 Å². The minimum absolute atomic E-state index is 0.0700. The van der Waals surface area contributed by atoms with E-state index in [1.54, 1.807) is 11.3 Å². The fourth-order valence-corrected chi connectivity index (χ4v) is 2.74. The summed E-state index contributed by atoms with van der Waals surface area (Å²) in [4.78, 5) is 17.8. The van der Waals surface area contributed by atoms with Crippen LogP contribution in [0.1, 0.15) is 23.2 Å². The van der Waals surface area contributed by atoms with Crippen LogP contribution in [0.4, 0.5) is 0 Å². The van der Waals surface area contributed by atoms with E-state index >= 15 is 0 Å². The average molecular weight is 270 g/mol. The predicted molar refractivity (Wildman–Crippen MR) is 68.6 cm³/mol. The molecule has 1 aliphatic rings. The number of aromatic nitrogens is 1. The van der Waals surface area contributed by atoms with Gasteiger partial charge in [0, 0.05) is 24.9 Å². The molecule has 1 saturated heterocycles. The van der Waals surface area contributed by atoms with Crippen molar-refractivity contribution < 1.29 is 14.3 Å². The Morgan fingerprint density at radius 1 is 1.72 bits per heavy atom. The van der Waals surface area contributed by atoms with Crippen LogP contribution in [-0.2, 0) is 20.7 Å². The summed E-state index contributed by atoms with van der Waals surface area (Å²) < 4.78 is 10.3. The molecule has 1 unspecified atom stereocenters. The highest BCUT2D eigenvalue weighted by Gasteiger charge is 2.22. The third-order valence-electron chi connectivity index (χ3n) is 2.93. The first-order valence-electron chi connectivity index (χ1n) is 6.00. The summed E-state index contributed by atoms with van der Waals surface area (Å²) in [7, 11) is 3.49. The molecule has 5 nitrogen and oxygen atoms in total. The summed E-state index contributed by atoms with van der Waals surface area (Å²) in [5.41, 5.74) is 0.942. The molecule has 1 aromatic rings. The number of thiazole rings is 1. The molecule has 2 heterocycles. The summed E-state index contributed by atoms with van der Waals surface area (Å²) >= 11 is 1.60. The standard InChI is InChI=1S/C12H18N2O3S/c1-14-5-6-17-10(7-14)12-13-9(8-18-12)3-4-11(15)16-2/h8,10H,3-7H2,1-2H3. The smallest absolute Gasteiger partial charge is 0.305 e. The molecule has 0 aliphatic carbocycles. The first-order chi connectivity index (χ1) is 8.69. The van der Waals surface area contributed by atoms with Gasteiger partial charge >= 0.3 is 5.97 Å². The second-order valence-corrected chi connectivity index (χ2v) is 5.26. The summed E-state index contributed by atoms with van der Waals surface area (Å²) in [6.45, 7) is 2.60. The van der Waals surface area contributed by atoms with Crippen molar-refractivity contribution in [1.29, 1.82) is 0 Å². The Hall–Kier alpha value is -0.980. The zero-order valence-electron chi connectivity index (χ0n) is 10.7. The largest absolute Gasteiger partial charge is 0.469 e. The molecule has 100 valence electrons. The molecule has 2 rings (SSSR count). The normalized spacial score (nSPS) is 20.9. The fraction of sp³-hybridized carbons (Fsp3) is 0.667. The molecule has 1 atom stereocenters.